The Labute approximate surface area is 112 Å². The van der Waals surface area contributed by atoms with Crippen LogP contribution in [0.15, 0.2) is 48.5 Å². The van der Waals surface area contributed by atoms with Crippen LogP contribution < -0.4 is 0 Å². The van der Waals surface area contributed by atoms with Gasteiger partial charge in [0.25, 0.3) is 0 Å². The quantitative estimate of drug-likeness (QED) is 0.857. The lowest BCUT2D eigenvalue weighted by molar-refractivity contribution is 0.0600. The lowest BCUT2D eigenvalue weighted by Gasteiger charge is -2.15. The van der Waals surface area contributed by atoms with E-state index in [-0.39, 0.29) is 11.7 Å². The first-order valence-corrected chi connectivity index (χ1v) is 6.09. The van der Waals surface area contributed by atoms with E-state index in [4.69, 9.17) is 4.74 Å². The molecule has 2 aromatic carbocycles. The number of rotatable bonds is 3. The standard InChI is InChI=1S/C16H16O3/c1-11(12-6-4-3-5-7-12)14-10-13(16(18)19-2)8-9-15(14)17/h3-11,17H,1-2H3. The lowest BCUT2D eigenvalue weighted by Crippen LogP contribution is -2.04. The summed E-state index contributed by atoms with van der Waals surface area (Å²) in [5.74, 6) is -0.212. The van der Waals surface area contributed by atoms with Gasteiger partial charge in [0.15, 0.2) is 0 Å². The van der Waals surface area contributed by atoms with E-state index in [1.165, 1.54) is 13.2 Å². The zero-order valence-electron chi connectivity index (χ0n) is 11.0. The highest BCUT2D eigenvalue weighted by atomic mass is 16.5. The maximum Gasteiger partial charge on any atom is 0.337 e. The largest absolute Gasteiger partial charge is 0.508 e. The van der Waals surface area contributed by atoms with Gasteiger partial charge in [0.1, 0.15) is 5.75 Å². The zero-order chi connectivity index (χ0) is 13.8. The second kappa shape index (κ2) is 5.57. The van der Waals surface area contributed by atoms with E-state index in [1.54, 1.807) is 12.1 Å². The minimum absolute atomic E-state index is 0.00538. The molecule has 3 heteroatoms. The van der Waals surface area contributed by atoms with E-state index in [0.717, 1.165) is 5.56 Å². The van der Waals surface area contributed by atoms with Gasteiger partial charge in [-0.05, 0) is 23.8 Å². The van der Waals surface area contributed by atoms with Crippen LogP contribution in [0, 0.1) is 0 Å². The Kier molecular flexibility index (Phi) is 3.85. The summed E-state index contributed by atoms with van der Waals surface area (Å²) < 4.78 is 4.70. The number of hydrogen-bond donors (Lipinski definition) is 1. The molecule has 0 heterocycles. The molecule has 19 heavy (non-hydrogen) atoms. The van der Waals surface area contributed by atoms with Crippen molar-refractivity contribution in [2.24, 2.45) is 0 Å². The SMILES string of the molecule is COC(=O)c1ccc(O)c(C(C)c2ccccc2)c1. The summed E-state index contributed by atoms with van der Waals surface area (Å²) in [7, 11) is 1.34. The van der Waals surface area contributed by atoms with E-state index < -0.39 is 5.97 Å². The Morgan fingerprint density at radius 1 is 1.16 bits per heavy atom. The van der Waals surface area contributed by atoms with Crippen molar-refractivity contribution in [3.8, 4) is 5.75 Å². The fraction of sp³-hybridized carbons (Fsp3) is 0.188. The van der Waals surface area contributed by atoms with Crippen molar-refractivity contribution in [3.63, 3.8) is 0 Å². The van der Waals surface area contributed by atoms with Crippen molar-refractivity contribution in [1.82, 2.24) is 0 Å². The number of hydrogen-bond acceptors (Lipinski definition) is 3. The first-order chi connectivity index (χ1) is 9.13. The van der Waals surface area contributed by atoms with Crippen molar-refractivity contribution >= 4 is 5.97 Å². The molecule has 0 aliphatic rings. The highest BCUT2D eigenvalue weighted by Gasteiger charge is 2.15. The Morgan fingerprint density at radius 3 is 2.47 bits per heavy atom. The summed E-state index contributed by atoms with van der Waals surface area (Å²) in [6.45, 7) is 1.99. The van der Waals surface area contributed by atoms with E-state index in [0.29, 0.717) is 11.1 Å². The van der Waals surface area contributed by atoms with Crippen LogP contribution in [0.25, 0.3) is 0 Å². The molecule has 0 amide bonds. The predicted octanol–water partition coefficient (Wildman–Crippen LogP) is 3.33. The molecule has 2 aromatic rings. The molecule has 1 N–H and O–H groups in total. The number of carbonyl (C=O) groups is 1. The van der Waals surface area contributed by atoms with Crippen LogP contribution in [0.3, 0.4) is 0 Å². The maximum atomic E-state index is 11.5. The summed E-state index contributed by atoms with van der Waals surface area (Å²) in [4.78, 5) is 11.5. The Morgan fingerprint density at radius 2 is 1.84 bits per heavy atom. The summed E-state index contributed by atoms with van der Waals surface area (Å²) in [6.07, 6.45) is 0. The molecule has 0 aromatic heterocycles. The summed E-state index contributed by atoms with van der Waals surface area (Å²) in [5.41, 5.74) is 2.24. The van der Waals surface area contributed by atoms with Crippen LogP contribution in [0.2, 0.25) is 0 Å². The van der Waals surface area contributed by atoms with Crippen molar-refractivity contribution in [1.29, 1.82) is 0 Å². The van der Waals surface area contributed by atoms with Crippen LogP contribution in [0.4, 0.5) is 0 Å². The number of ether oxygens (including phenoxy) is 1. The molecule has 1 unspecified atom stereocenters. The van der Waals surface area contributed by atoms with Gasteiger partial charge in [-0.3, -0.25) is 0 Å². The Bertz CT molecular complexity index is 576. The number of benzene rings is 2. The van der Waals surface area contributed by atoms with Gasteiger partial charge in [-0.1, -0.05) is 37.3 Å². The monoisotopic (exact) mass is 256 g/mol. The van der Waals surface area contributed by atoms with Crippen molar-refractivity contribution in [3.05, 3.63) is 65.2 Å². The minimum atomic E-state index is -0.401. The van der Waals surface area contributed by atoms with Gasteiger partial charge in [0, 0.05) is 11.5 Å². The molecule has 0 fully saturated rings. The number of aromatic hydroxyl groups is 1. The number of esters is 1. The third-order valence-electron chi connectivity index (χ3n) is 3.21. The average molecular weight is 256 g/mol. The van der Waals surface area contributed by atoms with E-state index in [2.05, 4.69) is 0 Å². The predicted molar refractivity (Wildman–Crippen MR) is 73.4 cm³/mol. The van der Waals surface area contributed by atoms with Crippen LogP contribution in [-0.2, 0) is 4.74 Å². The van der Waals surface area contributed by atoms with Gasteiger partial charge < -0.3 is 9.84 Å². The molecule has 3 nitrogen and oxygen atoms in total. The van der Waals surface area contributed by atoms with Crippen LogP contribution >= 0.6 is 0 Å². The average Bonchev–Trinajstić information content (AvgIpc) is 2.47. The summed E-state index contributed by atoms with van der Waals surface area (Å²) >= 11 is 0. The fourth-order valence-corrected chi connectivity index (χ4v) is 2.07. The van der Waals surface area contributed by atoms with Crippen LogP contribution in [0.5, 0.6) is 5.75 Å². The second-order valence-corrected chi connectivity index (χ2v) is 4.40. The van der Waals surface area contributed by atoms with Crippen molar-refractivity contribution in [2.75, 3.05) is 7.11 Å². The van der Waals surface area contributed by atoms with Gasteiger partial charge in [0.2, 0.25) is 0 Å². The number of methoxy groups -OCH3 is 1. The summed E-state index contributed by atoms with van der Waals surface area (Å²) in [6, 6.07) is 14.6. The normalized spacial score (nSPS) is 11.9. The maximum absolute atomic E-state index is 11.5. The van der Waals surface area contributed by atoms with Crippen LogP contribution in [0.1, 0.15) is 34.3 Å². The molecule has 0 spiro atoms. The van der Waals surface area contributed by atoms with E-state index in [9.17, 15) is 9.90 Å². The van der Waals surface area contributed by atoms with Gasteiger partial charge in [-0.2, -0.15) is 0 Å². The van der Waals surface area contributed by atoms with Gasteiger partial charge >= 0.3 is 5.97 Å². The molecule has 0 radical (unpaired) electrons. The molecule has 0 aliphatic heterocycles. The first kappa shape index (κ1) is 13.1. The first-order valence-electron chi connectivity index (χ1n) is 6.09. The molecular formula is C16H16O3. The third-order valence-corrected chi connectivity index (χ3v) is 3.21. The second-order valence-electron chi connectivity index (χ2n) is 4.40. The Balaban J connectivity index is 2.41. The smallest absolute Gasteiger partial charge is 0.337 e. The summed E-state index contributed by atoms with van der Waals surface area (Å²) in [5, 5.41) is 9.97. The number of phenolic OH excluding ortho intramolecular Hbond substituents is 1. The minimum Gasteiger partial charge on any atom is -0.508 e. The number of carbonyl (C=O) groups excluding carboxylic acids is 1. The van der Waals surface area contributed by atoms with E-state index >= 15 is 0 Å². The molecule has 0 aliphatic carbocycles. The van der Waals surface area contributed by atoms with Gasteiger partial charge in [-0.15, -0.1) is 0 Å². The molecule has 0 bridgehead atoms. The van der Waals surface area contributed by atoms with Gasteiger partial charge in [0.05, 0.1) is 12.7 Å². The topological polar surface area (TPSA) is 46.5 Å². The molecule has 0 saturated carbocycles. The Hall–Kier alpha value is -2.29. The van der Waals surface area contributed by atoms with E-state index in [1.807, 2.05) is 37.3 Å². The highest BCUT2D eigenvalue weighted by Crippen LogP contribution is 2.31. The van der Waals surface area contributed by atoms with Gasteiger partial charge in [-0.25, -0.2) is 4.79 Å². The van der Waals surface area contributed by atoms with Crippen molar-refractivity contribution in [2.45, 2.75) is 12.8 Å². The molecule has 0 saturated heterocycles. The molecular weight excluding hydrogens is 240 g/mol. The van der Waals surface area contributed by atoms with Crippen molar-refractivity contribution < 1.29 is 14.6 Å². The third kappa shape index (κ3) is 2.76. The lowest BCUT2D eigenvalue weighted by atomic mass is 9.91. The molecule has 98 valence electrons. The number of phenols is 1. The zero-order valence-corrected chi connectivity index (χ0v) is 11.0. The van der Waals surface area contributed by atoms with Crippen LogP contribution in [-0.4, -0.2) is 18.2 Å². The highest BCUT2D eigenvalue weighted by molar-refractivity contribution is 5.89. The molecule has 2 rings (SSSR count). The molecule has 1 atom stereocenters. The fourth-order valence-electron chi connectivity index (χ4n) is 2.07.